The number of amides is 1. The van der Waals surface area contributed by atoms with E-state index in [1.807, 2.05) is 83.8 Å². The van der Waals surface area contributed by atoms with Crippen molar-refractivity contribution in [1.82, 2.24) is 15.2 Å². The maximum Gasteiger partial charge on any atom is 0.244 e. The lowest BCUT2D eigenvalue weighted by Crippen LogP contribution is -2.19. The number of aromatic nitrogens is 2. The molecule has 2 heterocycles. The van der Waals surface area contributed by atoms with Gasteiger partial charge in [0.2, 0.25) is 5.91 Å². The smallest absolute Gasteiger partial charge is 0.244 e. The Morgan fingerprint density at radius 1 is 1.10 bits per heavy atom. The van der Waals surface area contributed by atoms with Gasteiger partial charge in [0.25, 0.3) is 0 Å². The van der Waals surface area contributed by atoms with E-state index in [9.17, 15) is 4.79 Å². The zero-order chi connectivity index (χ0) is 20.9. The Kier molecular flexibility index (Phi) is 5.86. The van der Waals surface area contributed by atoms with Gasteiger partial charge in [0.15, 0.2) is 0 Å². The van der Waals surface area contributed by atoms with Crippen molar-refractivity contribution in [3.63, 3.8) is 0 Å². The maximum absolute atomic E-state index is 12.3. The number of carbonyl (C=O) groups excluding carboxylic acids is 1. The van der Waals surface area contributed by atoms with Crippen molar-refractivity contribution in [3.8, 4) is 16.3 Å². The molecule has 0 aliphatic rings. The fraction of sp³-hybridized carbons (Fsp3) is 0.125. The molecular formula is C24H22N4OS. The summed E-state index contributed by atoms with van der Waals surface area (Å²) in [7, 11) is 0. The van der Waals surface area contributed by atoms with Gasteiger partial charge in [0.05, 0.1) is 23.2 Å². The monoisotopic (exact) mass is 414 g/mol. The first-order valence-corrected chi connectivity index (χ1v) is 10.5. The number of hydrogen-bond acceptors (Lipinski definition) is 4. The third-order valence-electron chi connectivity index (χ3n) is 4.85. The third-order valence-corrected chi connectivity index (χ3v) is 5.72. The summed E-state index contributed by atoms with van der Waals surface area (Å²) in [6.07, 6.45) is 3.86. The van der Waals surface area contributed by atoms with E-state index in [1.54, 1.807) is 17.6 Å². The Bertz CT molecular complexity index is 1180. The summed E-state index contributed by atoms with van der Waals surface area (Å²) in [5, 5.41) is 10.9. The summed E-state index contributed by atoms with van der Waals surface area (Å²) in [4.78, 5) is 13.3. The second-order valence-corrected chi connectivity index (χ2v) is 8.03. The molecular weight excluding hydrogens is 392 g/mol. The molecule has 0 saturated carbocycles. The minimum atomic E-state index is -0.150. The van der Waals surface area contributed by atoms with E-state index in [4.69, 9.17) is 5.10 Å². The van der Waals surface area contributed by atoms with E-state index in [-0.39, 0.29) is 5.91 Å². The van der Waals surface area contributed by atoms with Crippen LogP contribution in [0.3, 0.4) is 0 Å². The number of hydrogen-bond donors (Lipinski definition) is 1. The number of nitrogens with one attached hydrogen (secondary N) is 1. The van der Waals surface area contributed by atoms with Crippen LogP contribution in [0, 0.1) is 13.8 Å². The van der Waals surface area contributed by atoms with Crippen LogP contribution in [0.4, 0.5) is 0 Å². The van der Waals surface area contributed by atoms with E-state index in [2.05, 4.69) is 17.5 Å². The molecule has 0 bridgehead atoms. The number of hydrazone groups is 1. The second kappa shape index (κ2) is 8.88. The van der Waals surface area contributed by atoms with Crippen molar-refractivity contribution in [1.29, 1.82) is 0 Å². The summed E-state index contributed by atoms with van der Waals surface area (Å²) in [5.74, 6) is -0.150. The molecule has 2 aromatic heterocycles. The number of para-hydroxylation sites is 1. The molecule has 0 unspecified atom stereocenters. The summed E-state index contributed by atoms with van der Waals surface area (Å²) in [5.41, 5.74) is 8.64. The van der Waals surface area contributed by atoms with Crippen molar-refractivity contribution in [2.24, 2.45) is 5.10 Å². The van der Waals surface area contributed by atoms with E-state index in [1.165, 1.54) is 11.1 Å². The van der Waals surface area contributed by atoms with Gasteiger partial charge in [-0.1, -0.05) is 42.5 Å². The Morgan fingerprint density at radius 2 is 1.93 bits per heavy atom. The predicted octanol–water partition coefficient (Wildman–Crippen LogP) is 4.91. The van der Waals surface area contributed by atoms with Gasteiger partial charge in [-0.05, 0) is 54.1 Å². The van der Waals surface area contributed by atoms with Gasteiger partial charge in [0, 0.05) is 11.8 Å². The first-order valence-electron chi connectivity index (χ1n) is 9.67. The molecule has 0 atom stereocenters. The van der Waals surface area contributed by atoms with Crippen molar-refractivity contribution in [3.05, 3.63) is 94.5 Å². The van der Waals surface area contributed by atoms with Gasteiger partial charge >= 0.3 is 0 Å². The lowest BCUT2D eigenvalue weighted by Gasteiger charge is -2.04. The Hall–Kier alpha value is -3.51. The normalized spacial score (nSPS) is 11.1. The number of carbonyl (C=O) groups is 1. The standard InChI is InChI=1S/C24H22N4OS/c1-17-10-11-19(13-18(17)2)14-23(29)26-25-15-20-16-28(21-7-4-3-5-8-21)27-24(20)22-9-6-12-30-22/h3-13,15-16H,14H2,1-2H3,(H,26,29)/b25-15-. The summed E-state index contributed by atoms with van der Waals surface area (Å²) >= 11 is 1.62. The molecule has 6 heteroatoms. The van der Waals surface area contributed by atoms with Gasteiger partial charge in [-0.15, -0.1) is 11.3 Å². The van der Waals surface area contributed by atoms with Crippen LogP contribution in [0.2, 0.25) is 0 Å². The number of aryl methyl sites for hydroxylation is 2. The van der Waals surface area contributed by atoms with Crippen LogP contribution < -0.4 is 5.43 Å². The van der Waals surface area contributed by atoms with Gasteiger partial charge < -0.3 is 0 Å². The van der Waals surface area contributed by atoms with Gasteiger partial charge in [-0.3, -0.25) is 4.79 Å². The molecule has 2 aromatic carbocycles. The average Bonchev–Trinajstić information content (AvgIpc) is 3.41. The van der Waals surface area contributed by atoms with E-state index in [0.29, 0.717) is 6.42 Å². The molecule has 150 valence electrons. The van der Waals surface area contributed by atoms with E-state index in [0.717, 1.165) is 27.4 Å². The first-order chi connectivity index (χ1) is 14.6. The zero-order valence-corrected chi connectivity index (χ0v) is 17.7. The van der Waals surface area contributed by atoms with Gasteiger partial charge in [0.1, 0.15) is 5.69 Å². The quantitative estimate of drug-likeness (QED) is 0.360. The molecule has 1 amide bonds. The molecule has 30 heavy (non-hydrogen) atoms. The van der Waals surface area contributed by atoms with E-state index < -0.39 is 0 Å². The Balaban J connectivity index is 1.51. The molecule has 0 radical (unpaired) electrons. The number of rotatable bonds is 6. The summed E-state index contributed by atoms with van der Waals surface area (Å²) in [6, 6.07) is 20.0. The Labute approximate surface area is 179 Å². The predicted molar refractivity (Wildman–Crippen MR) is 122 cm³/mol. The van der Waals surface area contributed by atoms with Crippen molar-refractivity contribution >= 4 is 23.5 Å². The van der Waals surface area contributed by atoms with Crippen LogP contribution in [0.25, 0.3) is 16.3 Å². The van der Waals surface area contributed by atoms with Gasteiger partial charge in [-0.25, -0.2) is 10.1 Å². The molecule has 4 rings (SSSR count). The van der Waals surface area contributed by atoms with Crippen LogP contribution in [0.1, 0.15) is 22.3 Å². The van der Waals surface area contributed by atoms with Crippen molar-refractivity contribution in [2.75, 3.05) is 0 Å². The lowest BCUT2D eigenvalue weighted by molar-refractivity contribution is -0.120. The molecule has 1 N–H and O–H groups in total. The maximum atomic E-state index is 12.3. The highest BCUT2D eigenvalue weighted by atomic mass is 32.1. The minimum Gasteiger partial charge on any atom is -0.273 e. The van der Waals surface area contributed by atoms with Crippen LogP contribution in [-0.2, 0) is 11.2 Å². The topological polar surface area (TPSA) is 59.3 Å². The first kappa shape index (κ1) is 19.8. The fourth-order valence-corrected chi connectivity index (χ4v) is 3.84. The molecule has 0 aliphatic carbocycles. The number of thiophene rings is 1. The molecule has 0 fully saturated rings. The lowest BCUT2D eigenvalue weighted by atomic mass is 10.0. The van der Waals surface area contributed by atoms with Crippen molar-refractivity contribution in [2.45, 2.75) is 20.3 Å². The van der Waals surface area contributed by atoms with Crippen LogP contribution in [-0.4, -0.2) is 21.9 Å². The van der Waals surface area contributed by atoms with Crippen LogP contribution in [0.15, 0.2) is 77.3 Å². The zero-order valence-electron chi connectivity index (χ0n) is 16.9. The SMILES string of the molecule is Cc1ccc(CC(=O)N/N=C\c2cn(-c3ccccc3)nc2-c2cccs2)cc1C. The highest BCUT2D eigenvalue weighted by molar-refractivity contribution is 7.13. The molecule has 0 spiro atoms. The number of benzene rings is 2. The second-order valence-electron chi connectivity index (χ2n) is 7.08. The average molecular weight is 415 g/mol. The third kappa shape index (κ3) is 4.55. The number of nitrogens with zero attached hydrogens (tertiary/aromatic N) is 3. The fourth-order valence-electron chi connectivity index (χ4n) is 3.11. The van der Waals surface area contributed by atoms with Crippen molar-refractivity contribution < 1.29 is 4.79 Å². The molecule has 4 aromatic rings. The largest absolute Gasteiger partial charge is 0.273 e. The van der Waals surface area contributed by atoms with E-state index >= 15 is 0 Å². The summed E-state index contributed by atoms with van der Waals surface area (Å²) < 4.78 is 1.83. The van der Waals surface area contributed by atoms with Gasteiger partial charge in [-0.2, -0.15) is 10.2 Å². The Morgan fingerprint density at radius 3 is 2.67 bits per heavy atom. The molecule has 0 saturated heterocycles. The summed E-state index contributed by atoms with van der Waals surface area (Å²) in [6.45, 7) is 4.11. The highest BCUT2D eigenvalue weighted by Gasteiger charge is 2.12. The van der Waals surface area contributed by atoms with Crippen LogP contribution >= 0.6 is 11.3 Å². The molecule has 0 aliphatic heterocycles. The minimum absolute atomic E-state index is 0.150. The highest BCUT2D eigenvalue weighted by Crippen LogP contribution is 2.26. The van der Waals surface area contributed by atoms with Crippen LogP contribution in [0.5, 0.6) is 0 Å². The molecule has 5 nitrogen and oxygen atoms in total.